The average Bonchev–Trinajstić information content (AvgIpc) is 3.06. The van der Waals surface area contributed by atoms with Crippen molar-refractivity contribution >= 4 is 27.0 Å². The monoisotopic (exact) mass is 602 g/mol. The molecule has 0 spiro atoms. The molecule has 0 saturated heterocycles. The largest absolute Gasteiger partial charge is 0.447 e. The molecule has 2 unspecified atom stereocenters. The van der Waals surface area contributed by atoms with Gasteiger partial charge in [-0.1, -0.05) is 187 Å². The summed E-state index contributed by atoms with van der Waals surface area (Å²) < 4.78 is 8.63. The lowest BCUT2D eigenvalue weighted by molar-refractivity contribution is 0.340. The van der Waals surface area contributed by atoms with Gasteiger partial charge < -0.3 is 4.12 Å². The minimum absolute atomic E-state index is 0.625. The Morgan fingerprint density at radius 2 is 0.744 bits per heavy atom. The molecule has 6 rings (SSSR count). The van der Waals surface area contributed by atoms with E-state index in [4.69, 9.17) is 4.12 Å². The average molecular weight is 603 g/mol. The maximum atomic E-state index is 8.63. The van der Waals surface area contributed by atoms with Gasteiger partial charge in [-0.3, -0.25) is 0 Å². The van der Waals surface area contributed by atoms with Crippen LogP contribution in [0.4, 0.5) is 0 Å². The Morgan fingerprint density at radius 3 is 1.07 bits per heavy atom. The SMILES string of the molecule is CC1CCC([Si](Cc2ccccc2)(O[Si](Cc2ccccc2)(c2ccccc2)C2CCC(C)CC2)c2ccccc2)CC1. The van der Waals surface area contributed by atoms with Gasteiger partial charge in [0.1, 0.15) is 0 Å². The molecule has 0 radical (unpaired) electrons. The van der Waals surface area contributed by atoms with Crippen LogP contribution < -0.4 is 10.4 Å². The van der Waals surface area contributed by atoms with Gasteiger partial charge in [-0.05, 0) is 56.5 Å². The molecule has 4 aromatic carbocycles. The van der Waals surface area contributed by atoms with Gasteiger partial charge in [0.15, 0.2) is 0 Å². The molecule has 2 fully saturated rings. The summed E-state index contributed by atoms with van der Waals surface area (Å²) in [5, 5.41) is 3.03. The summed E-state index contributed by atoms with van der Waals surface area (Å²) >= 11 is 0. The first kappa shape index (κ1) is 30.3. The van der Waals surface area contributed by atoms with Gasteiger partial charge in [0.25, 0.3) is 0 Å². The van der Waals surface area contributed by atoms with Crippen LogP contribution in [-0.4, -0.2) is 16.6 Å². The Kier molecular flexibility index (Phi) is 9.82. The van der Waals surface area contributed by atoms with E-state index in [-0.39, 0.29) is 0 Å². The molecule has 0 N–H and O–H groups in total. The fourth-order valence-corrected chi connectivity index (χ4v) is 21.4. The first-order valence-corrected chi connectivity index (χ1v) is 21.3. The van der Waals surface area contributed by atoms with Crippen molar-refractivity contribution in [3.63, 3.8) is 0 Å². The van der Waals surface area contributed by atoms with Gasteiger partial charge in [0, 0.05) is 0 Å². The van der Waals surface area contributed by atoms with E-state index in [1.54, 1.807) is 0 Å². The number of rotatable bonds is 10. The van der Waals surface area contributed by atoms with Crippen molar-refractivity contribution < 1.29 is 4.12 Å². The lowest BCUT2D eigenvalue weighted by Gasteiger charge is -2.52. The lowest BCUT2D eigenvalue weighted by Crippen LogP contribution is -2.69. The van der Waals surface area contributed by atoms with Gasteiger partial charge in [-0.2, -0.15) is 0 Å². The van der Waals surface area contributed by atoms with Crippen LogP contribution in [0.5, 0.6) is 0 Å². The van der Waals surface area contributed by atoms with Crippen LogP contribution in [0, 0.1) is 11.8 Å². The van der Waals surface area contributed by atoms with Crippen LogP contribution >= 0.6 is 0 Å². The van der Waals surface area contributed by atoms with Gasteiger partial charge in [-0.25, -0.2) is 0 Å². The standard InChI is InChI=1S/C40H50OSi2/c1-33-23-27-39(28-24-33)42(37-19-11-5-12-20-37,31-35-15-7-3-8-16-35)41-43(38-21-13-6-14-22-38,32-36-17-9-4-10-18-36)40-29-25-34(2)26-30-40/h3-22,33-34,39-40H,23-32H2,1-2H3. The van der Waals surface area contributed by atoms with E-state index < -0.39 is 16.6 Å². The van der Waals surface area contributed by atoms with Crippen molar-refractivity contribution in [1.29, 1.82) is 0 Å². The molecule has 2 saturated carbocycles. The molecule has 3 heteroatoms. The van der Waals surface area contributed by atoms with Crippen LogP contribution in [-0.2, 0) is 16.2 Å². The minimum Gasteiger partial charge on any atom is -0.447 e. The summed E-state index contributed by atoms with van der Waals surface area (Å²) in [5.41, 5.74) is 4.15. The zero-order valence-electron chi connectivity index (χ0n) is 26.3. The summed E-state index contributed by atoms with van der Waals surface area (Å²) in [5.74, 6) is 1.63. The number of hydrogen-bond donors (Lipinski definition) is 0. The normalized spacial score (nSPS) is 25.3. The third-order valence-corrected chi connectivity index (χ3v) is 22.1. The van der Waals surface area contributed by atoms with E-state index in [0.717, 1.165) is 23.9 Å². The van der Waals surface area contributed by atoms with E-state index in [9.17, 15) is 0 Å². The van der Waals surface area contributed by atoms with Gasteiger partial charge in [0.2, 0.25) is 16.6 Å². The fourth-order valence-electron chi connectivity index (χ4n) is 8.34. The maximum absolute atomic E-state index is 8.63. The quantitative estimate of drug-likeness (QED) is 0.164. The van der Waals surface area contributed by atoms with Crippen LogP contribution in [0.15, 0.2) is 121 Å². The molecule has 0 amide bonds. The molecular weight excluding hydrogens is 553 g/mol. The predicted octanol–water partition coefficient (Wildman–Crippen LogP) is 9.43. The van der Waals surface area contributed by atoms with Crippen molar-refractivity contribution in [2.45, 2.75) is 88.4 Å². The molecule has 1 nitrogen and oxygen atoms in total. The van der Waals surface area contributed by atoms with Crippen LogP contribution in [0.25, 0.3) is 0 Å². The van der Waals surface area contributed by atoms with E-state index in [2.05, 4.69) is 135 Å². The second kappa shape index (κ2) is 13.9. The molecule has 0 aliphatic heterocycles. The van der Waals surface area contributed by atoms with E-state index in [1.807, 2.05) is 0 Å². The lowest BCUT2D eigenvalue weighted by atomic mass is 9.90. The van der Waals surface area contributed by atoms with E-state index in [0.29, 0.717) is 11.1 Å². The third kappa shape index (κ3) is 6.85. The summed E-state index contributed by atoms with van der Waals surface area (Å²) in [4.78, 5) is 0. The Morgan fingerprint density at radius 1 is 0.442 bits per heavy atom. The van der Waals surface area contributed by atoms with E-state index >= 15 is 0 Å². The molecule has 2 aliphatic carbocycles. The fraction of sp³-hybridized carbons (Fsp3) is 0.400. The summed E-state index contributed by atoms with van der Waals surface area (Å²) in [7, 11) is -5.11. The third-order valence-electron chi connectivity index (χ3n) is 10.9. The summed E-state index contributed by atoms with van der Waals surface area (Å²) in [6, 6.07) is 48.2. The molecule has 2 aliphatic rings. The van der Waals surface area contributed by atoms with Gasteiger partial charge in [0.05, 0.1) is 0 Å². The minimum atomic E-state index is -2.55. The molecule has 0 heterocycles. The van der Waals surface area contributed by atoms with Crippen LogP contribution in [0.3, 0.4) is 0 Å². The van der Waals surface area contributed by atoms with Gasteiger partial charge >= 0.3 is 0 Å². The van der Waals surface area contributed by atoms with Crippen molar-refractivity contribution in [3.05, 3.63) is 132 Å². The highest BCUT2D eigenvalue weighted by atomic mass is 28.4. The molecule has 0 bridgehead atoms. The van der Waals surface area contributed by atoms with Crippen molar-refractivity contribution in [3.8, 4) is 0 Å². The Labute approximate surface area is 263 Å². The Hall–Kier alpha value is -2.73. The molecule has 43 heavy (non-hydrogen) atoms. The van der Waals surface area contributed by atoms with Crippen LogP contribution in [0.2, 0.25) is 11.1 Å². The second-order valence-corrected chi connectivity index (χ2v) is 21.7. The zero-order chi connectivity index (χ0) is 29.5. The topological polar surface area (TPSA) is 9.23 Å². The van der Waals surface area contributed by atoms with Gasteiger partial charge in [-0.15, -0.1) is 0 Å². The van der Waals surface area contributed by atoms with Crippen LogP contribution in [0.1, 0.15) is 76.3 Å². The first-order chi connectivity index (χ1) is 21.1. The second-order valence-electron chi connectivity index (χ2n) is 13.9. The Bertz CT molecular complexity index is 1270. The molecule has 2 atom stereocenters. The van der Waals surface area contributed by atoms with E-state index in [1.165, 1.54) is 72.9 Å². The van der Waals surface area contributed by atoms with Crippen molar-refractivity contribution in [2.75, 3.05) is 0 Å². The number of benzene rings is 4. The highest BCUT2D eigenvalue weighted by Crippen LogP contribution is 2.47. The Balaban J connectivity index is 1.58. The summed E-state index contributed by atoms with van der Waals surface area (Å²) in [6.07, 6.45) is 10.5. The maximum Gasteiger partial charge on any atom is 0.220 e. The molecule has 4 aromatic rings. The van der Waals surface area contributed by atoms with Crippen molar-refractivity contribution in [1.82, 2.24) is 0 Å². The number of hydrogen-bond acceptors (Lipinski definition) is 1. The smallest absolute Gasteiger partial charge is 0.220 e. The summed E-state index contributed by atoms with van der Waals surface area (Å²) in [6.45, 7) is 4.92. The molecule has 224 valence electrons. The highest BCUT2D eigenvalue weighted by Gasteiger charge is 2.55. The first-order valence-electron chi connectivity index (χ1n) is 17.0. The predicted molar refractivity (Wildman–Crippen MR) is 188 cm³/mol. The van der Waals surface area contributed by atoms with Crippen molar-refractivity contribution in [2.24, 2.45) is 11.8 Å². The zero-order valence-corrected chi connectivity index (χ0v) is 28.3. The molecular formula is C40H50OSi2. The molecule has 0 aromatic heterocycles. The highest BCUT2D eigenvalue weighted by molar-refractivity contribution is 6.99.